The summed E-state index contributed by atoms with van der Waals surface area (Å²) in [7, 11) is 2.19. The molecule has 1 fully saturated rings. The van der Waals surface area contributed by atoms with Crippen LogP contribution in [0.5, 0.6) is 0 Å². The fourth-order valence-corrected chi connectivity index (χ4v) is 2.46. The van der Waals surface area contributed by atoms with E-state index in [4.69, 9.17) is 5.73 Å². The Labute approximate surface area is 115 Å². The largest absolute Gasteiger partial charge is 0.384 e. The highest BCUT2D eigenvalue weighted by Gasteiger charge is 2.18. The second-order valence-electron chi connectivity index (χ2n) is 5.70. The molecule has 1 aromatic heterocycles. The molecule has 0 aliphatic carbocycles. The predicted molar refractivity (Wildman–Crippen MR) is 79.3 cm³/mol. The lowest BCUT2D eigenvalue weighted by molar-refractivity contribution is 0.194. The molecule has 1 aliphatic heterocycles. The topological polar surface area (TPSA) is 67.1 Å². The van der Waals surface area contributed by atoms with Gasteiger partial charge >= 0.3 is 0 Å². The molecular weight excluding hydrogens is 238 g/mol. The van der Waals surface area contributed by atoms with Crippen molar-refractivity contribution in [3.63, 3.8) is 0 Å². The average Bonchev–Trinajstić information content (AvgIpc) is 2.37. The maximum Gasteiger partial charge on any atom is 0.135 e. The van der Waals surface area contributed by atoms with E-state index < -0.39 is 0 Å². The van der Waals surface area contributed by atoms with Gasteiger partial charge in [-0.05, 0) is 26.4 Å². The van der Waals surface area contributed by atoms with E-state index in [0.717, 1.165) is 18.2 Å². The standard InChI is InChI=1S/C14H25N5/c1-10(2)14-17-12(15)8-13(18-14)16-9-11-6-4-5-7-19(11)3/h8,10-11H,4-7,9H2,1-3H3,(H3,15,16,17,18). The predicted octanol–water partition coefficient (Wildman–Crippen LogP) is 2.08. The molecule has 1 atom stereocenters. The second kappa shape index (κ2) is 6.19. The van der Waals surface area contributed by atoms with E-state index in [1.54, 1.807) is 0 Å². The number of nitrogens with one attached hydrogen (secondary N) is 1. The van der Waals surface area contributed by atoms with E-state index in [0.29, 0.717) is 17.8 Å². The zero-order valence-corrected chi connectivity index (χ0v) is 12.2. The van der Waals surface area contributed by atoms with Crippen molar-refractivity contribution in [3.8, 4) is 0 Å². The molecular formula is C14H25N5. The number of hydrogen-bond acceptors (Lipinski definition) is 5. The van der Waals surface area contributed by atoms with Crippen LogP contribution in [0.2, 0.25) is 0 Å². The molecule has 106 valence electrons. The van der Waals surface area contributed by atoms with Crippen LogP contribution in [-0.2, 0) is 0 Å². The lowest BCUT2D eigenvalue weighted by Crippen LogP contribution is -2.40. The van der Waals surface area contributed by atoms with Crippen molar-refractivity contribution in [1.82, 2.24) is 14.9 Å². The quantitative estimate of drug-likeness (QED) is 0.870. The number of piperidine rings is 1. The molecule has 1 aromatic rings. The summed E-state index contributed by atoms with van der Waals surface area (Å²) in [5.74, 6) is 2.48. The van der Waals surface area contributed by atoms with Crippen LogP contribution in [0, 0.1) is 0 Å². The van der Waals surface area contributed by atoms with Gasteiger partial charge in [-0.1, -0.05) is 20.3 Å². The number of nitrogens with zero attached hydrogens (tertiary/aromatic N) is 3. The van der Waals surface area contributed by atoms with Crippen molar-refractivity contribution >= 4 is 11.6 Å². The Kier molecular flexibility index (Phi) is 4.58. The number of aromatic nitrogens is 2. The summed E-state index contributed by atoms with van der Waals surface area (Å²) in [6, 6.07) is 2.40. The molecule has 2 rings (SSSR count). The first-order valence-corrected chi connectivity index (χ1v) is 7.15. The van der Waals surface area contributed by atoms with Crippen LogP contribution >= 0.6 is 0 Å². The van der Waals surface area contributed by atoms with E-state index in [2.05, 4.69) is 41.1 Å². The maximum atomic E-state index is 5.83. The van der Waals surface area contributed by atoms with Crippen LogP contribution in [0.15, 0.2) is 6.07 Å². The van der Waals surface area contributed by atoms with Crippen molar-refractivity contribution in [3.05, 3.63) is 11.9 Å². The van der Waals surface area contributed by atoms with E-state index in [-0.39, 0.29) is 0 Å². The van der Waals surface area contributed by atoms with Gasteiger partial charge in [0.2, 0.25) is 0 Å². The van der Waals surface area contributed by atoms with E-state index in [9.17, 15) is 0 Å². The van der Waals surface area contributed by atoms with Gasteiger partial charge in [0.25, 0.3) is 0 Å². The number of anilines is 2. The molecule has 0 amide bonds. The summed E-state index contributed by atoms with van der Waals surface area (Å²) in [5.41, 5.74) is 5.83. The number of rotatable bonds is 4. The van der Waals surface area contributed by atoms with Crippen LogP contribution in [0.25, 0.3) is 0 Å². The van der Waals surface area contributed by atoms with Crippen molar-refractivity contribution in [2.45, 2.75) is 45.1 Å². The summed E-state index contributed by atoms with van der Waals surface area (Å²) < 4.78 is 0. The van der Waals surface area contributed by atoms with Crippen molar-refractivity contribution < 1.29 is 0 Å². The molecule has 0 spiro atoms. The maximum absolute atomic E-state index is 5.83. The Morgan fingerprint density at radius 3 is 2.89 bits per heavy atom. The van der Waals surface area contributed by atoms with Crippen molar-refractivity contribution in [1.29, 1.82) is 0 Å². The first kappa shape index (κ1) is 14.1. The third kappa shape index (κ3) is 3.80. The Bertz CT molecular complexity index is 418. The lowest BCUT2D eigenvalue weighted by atomic mass is 10.0. The highest BCUT2D eigenvalue weighted by atomic mass is 15.2. The normalized spacial score (nSPS) is 20.7. The van der Waals surface area contributed by atoms with Crippen LogP contribution in [0.4, 0.5) is 11.6 Å². The Hall–Kier alpha value is -1.36. The Morgan fingerprint density at radius 1 is 1.42 bits per heavy atom. The highest BCUT2D eigenvalue weighted by molar-refractivity contribution is 5.45. The molecule has 0 bridgehead atoms. The number of hydrogen-bond donors (Lipinski definition) is 2. The summed E-state index contributed by atoms with van der Waals surface area (Å²) in [4.78, 5) is 11.2. The smallest absolute Gasteiger partial charge is 0.135 e. The van der Waals surface area contributed by atoms with Crippen LogP contribution in [0.1, 0.15) is 44.9 Å². The van der Waals surface area contributed by atoms with E-state index in [1.165, 1.54) is 25.8 Å². The average molecular weight is 263 g/mol. The monoisotopic (exact) mass is 263 g/mol. The van der Waals surface area contributed by atoms with Crippen LogP contribution in [-0.4, -0.2) is 41.0 Å². The Morgan fingerprint density at radius 2 is 2.21 bits per heavy atom. The minimum atomic E-state index is 0.293. The van der Waals surface area contributed by atoms with Gasteiger partial charge in [-0.25, -0.2) is 9.97 Å². The first-order chi connectivity index (χ1) is 9.06. The summed E-state index contributed by atoms with van der Waals surface area (Å²) >= 11 is 0. The van der Waals surface area contributed by atoms with Gasteiger partial charge in [-0.15, -0.1) is 0 Å². The second-order valence-corrected chi connectivity index (χ2v) is 5.70. The summed E-state index contributed by atoms with van der Waals surface area (Å²) in [6.07, 6.45) is 3.88. The summed E-state index contributed by atoms with van der Waals surface area (Å²) in [5, 5.41) is 3.41. The van der Waals surface area contributed by atoms with Gasteiger partial charge in [-0.2, -0.15) is 0 Å². The molecule has 3 N–H and O–H groups in total. The molecule has 5 nitrogen and oxygen atoms in total. The van der Waals surface area contributed by atoms with Crippen LogP contribution in [0.3, 0.4) is 0 Å². The third-order valence-electron chi connectivity index (χ3n) is 3.72. The molecule has 0 aromatic carbocycles. The molecule has 2 heterocycles. The molecule has 1 aliphatic rings. The van der Waals surface area contributed by atoms with Gasteiger partial charge in [0.15, 0.2) is 0 Å². The van der Waals surface area contributed by atoms with Gasteiger partial charge in [-0.3, -0.25) is 0 Å². The molecule has 5 heteroatoms. The van der Waals surface area contributed by atoms with Gasteiger partial charge < -0.3 is 16.0 Å². The Balaban J connectivity index is 1.98. The number of nitrogens with two attached hydrogens (primary N) is 1. The molecule has 0 saturated carbocycles. The first-order valence-electron chi connectivity index (χ1n) is 7.15. The summed E-state index contributed by atoms with van der Waals surface area (Å²) in [6.45, 7) is 6.26. The SMILES string of the molecule is CC(C)c1nc(N)cc(NCC2CCCCN2C)n1. The van der Waals surface area contributed by atoms with E-state index in [1.807, 2.05) is 6.07 Å². The van der Waals surface area contributed by atoms with Crippen molar-refractivity contribution in [2.24, 2.45) is 0 Å². The number of nitrogen functional groups attached to an aromatic ring is 1. The molecule has 0 radical (unpaired) electrons. The number of likely N-dealkylation sites (tertiary alicyclic amines) is 1. The van der Waals surface area contributed by atoms with Crippen molar-refractivity contribution in [2.75, 3.05) is 31.2 Å². The zero-order chi connectivity index (χ0) is 13.8. The fraction of sp³-hybridized carbons (Fsp3) is 0.714. The molecule has 1 unspecified atom stereocenters. The van der Waals surface area contributed by atoms with Crippen LogP contribution < -0.4 is 11.1 Å². The zero-order valence-electron chi connectivity index (χ0n) is 12.2. The van der Waals surface area contributed by atoms with Gasteiger partial charge in [0.05, 0.1) is 0 Å². The number of likely N-dealkylation sites (N-methyl/N-ethyl adjacent to an activating group) is 1. The fourth-order valence-electron chi connectivity index (χ4n) is 2.46. The highest BCUT2D eigenvalue weighted by Crippen LogP contribution is 2.18. The lowest BCUT2D eigenvalue weighted by Gasteiger charge is -2.32. The minimum absolute atomic E-state index is 0.293. The molecule has 19 heavy (non-hydrogen) atoms. The minimum Gasteiger partial charge on any atom is -0.384 e. The van der Waals surface area contributed by atoms with Gasteiger partial charge in [0.1, 0.15) is 17.5 Å². The third-order valence-corrected chi connectivity index (χ3v) is 3.72. The van der Waals surface area contributed by atoms with E-state index >= 15 is 0 Å². The molecule has 1 saturated heterocycles. The van der Waals surface area contributed by atoms with Gasteiger partial charge in [0, 0.05) is 24.6 Å².